The second kappa shape index (κ2) is 6.37. The molecule has 0 saturated carbocycles. The molecule has 1 aliphatic rings. The van der Waals surface area contributed by atoms with E-state index in [-0.39, 0.29) is 12.0 Å². The Labute approximate surface area is 118 Å². The third-order valence-electron chi connectivity index (χ3n) is 3.39. The standard InChI is InChI=1S/C14H19ClN2O2/c1-2-12(16)14(18)17-7-8-19-13(9-17)10-5-3-4-6-11(10)15/h3-6,12-13H,2,7-9,16H2,1H3/t12-,13+/m0/s1. The molecule has 104 valence electrons. The van der Waals surface area contributed by atoms with Gasteiger partial charge in [0.05, 0.1) is 19.2 Å². The summed E-state index contributed by atoms with van der Waals surface area (Å²) >= 11 is 6.17. The number of ether oxygens (including phenoxy) is 1. The second-order valence-corrected chi connectivity index (χ2v) is 5.09. The van der Waals surface area contributed by atoms with Crippen molar-refractivity contribution in [3.8, 4) is 0 Å². The van der Waals surface area contributed by atoms with Gasteiger partial charge in [0, 0.05) is 17.1 Å². The highest BCUT2D eigenvalue weighted by atomic mass is 35.5. The maximum absolute atomic E-state index is 12.1. The van der Waals surface area contributed by atoms with E-state index in [1.54, 1.807) is 4.90 Å². The summed E-state index contributed by atoms with van der Waals surface area (Å²) < 4.78 is 5.72. The number of hydrogen-bond acceptors (Lipinski definition) is 3. The van der Waals surface area contributed by atoms with E-state index >= 15 is 0 Å². The van der Waals surface area contributed by atoms with E-state index in [2.05, 4.69) is 0 Å². The van der Waals surface area contributed by atoms with Crippen LogP contribution in [0, 0.1) is 0 Å². The van der Waals surface area contributed by atoms with Crippen LogP contribution in [0.3, 0.4) is 0 Å². The van der Waals surface area contributed by atoms with Gasteiger partial charge in [0.15, 0.2) is 0 Å². The number of benzene rings is 1. The summed E-state index contributed by atoms with van der Waals surface area (Å²) in [5.41, 5.74) is 6.73. The van der Waals surface area contributed by atoms with Crippen molar-refractivity contribution in [3.63, 3.8) is 0 Å². The van der Waals surface area contributed by atoms with Gasteiger partial charge in [-0.25, -0.2) is 0 Å². The zero-order valence-corrected chi connectivity index (χ0v) is 11.8. The van der Waals surface area contributed by atoms with Crippen LogP contribution in [0.4, 0.5) is 0 Å². The number of hydrogen-bond donors (Lipinski definition) is 1. The van der Waals surface area contributed by atoms with Gasteiger partial charge in [0.25, 0.3) is 0 Å². The van der Waals surface area contributed by atoms with Crippen molar-refractivity contribution in [2.24, 2.45) is 5.73 Å². The number of amides is 1. The first-order valence-corrected chi connectivity index (χ1v) is 6.91. The van der Waals surface area contributed by atoms with Crippen LogP contribution in [0.5, 0.6) is 0 Å². The quantitative estimate of drug-likeness (QED) is 0.922. The lowest BCUT2D eigenvalue weighted by Gasteiger charge is -2.34. The molecule has 2 rings (SSSR count). The molecule has 0 bridgehead atoms. The third kappa shape index (κ3) is 3.26. The van der Waals surface area contributed by atoms with Crippen LogP contribution < -0.4 is 5.73 Å². The van der Waals surface area contributed by atoms with Gasteiger partial charge in [-0.05, 0) is 12.5 Å². The third-order valence-corrected chi connectivity index (χ3v) is 3.73. The first kappa shape index (κ1) is 14.3. The number of morpholine rings is 1. The topological polar surface area (TPSA) is 55.6 Å². The van der Waals surface area contributed by atoms with Crippen LogP contribution in [-0.2, 0) is 9.53 Å². The lowest BCUT2D eigenvalue weighted by Crippen LogP contribution is -2.49. The van der Waals surface area contributed by atoms with Crippen LogP contribution in [-0.4, -0.2) is 36.5 Å². The van der Waals surface area contributed by atoms with Crippen molar-refractivity contribution in [1.29, 1.82) is 0 Å². The molecule has 19 heavy (non-hydrogen) atoms. The van der Waals surface area contributed by atoms with Gasteiger partial charge in [-0.1, -0.05) is 36.7 Å². The smallest absolute Gasteiger partial charge is 0.239 e. The monoisotopic (exact) mass is 282 g/mol. The van der Waals surface area contributed by atoms with Crippen molar-refractivity contribution in [1.82, 2.24) is 4.90 Å². The second-order valence-electron chi connectivity index (χ2n) is 4.68. The fourth-order valence-corrected chi connectivity index (χ4v) is 2.44. The van der Waals surface area contributed by atoms with Crippen molar-refractivity contribution >= 4 is 17.5 Å². The SMILES string of the molecule is CC[C@H](N)C(=O)N1CCO[C@@H](c2ccccc2Cl)C1. The lowest BCUT2D eigenvalue weighted by atomic mass is 10.1. The Morgan fingerprint density at radius 2 is 2.32 bits per heavy atom. The van der Waals surface area contributed by atoms with Crippen LogP contribution in [0.1, 0.15) is 25.0 Å². The number of nitrogens with zero attached hydrogens (tertiary/aromatic N) is 1. The molecule has 1 aromatic rings. The zero-order valence-electron chi connectivity index (χ0n) is 11.0. The zero-order chi connectivity index (χ0) is 13.8. The highest BCUT2D eigenvalue weighted by Crippen LogP contribution is 2.28. The van der Waals surface area contributed by atoms with Crippen LogP contribution in [0.2, 0.25) is 5.02 Å². The Balaban J connectivity index is 2.09. The summed E-state index contributed by atoms with van der Waals surface area (Å²) in [7, 11) is 0. The molecule has 5 heteroatoms. The molecule has 2 atom stereocenters. The Morgan fingerprint density at radius 3 is 3.00 bits per heavy atom. The van der Waals surface area contributed by atoms with Gasteiger partial charge in [-0.2, -0.15) is 0 Å². The number of carbonyl (C=O) groups excluding carboxylic acids is 1. The van der Waals surface area contributed by atoms with Crippen LogP contribution in [0.25, 0.3) is 0 Å². The van der Waals surface area contributed by atoms with E-state index in [4.69, 9.17) is 22.1 Å². The molecule has 2 N–H and O–H groups in total. The number of carbonyl (C=O) groups is 1. The first-order chi connectivity index (χ1) is 9.13. The summed E-state index contributed by atoms with van der Waals surface area (Å²) in [4.78, 5) is 13.9. The van der Waals surface area contributed by atoms with Gasteiger partial charge in [0.1, 0.15) is 6.10 Å². The molecule has 0 radical (unpaired) electrons. The summed E-state index contributed by atoms with van der Waals surface area (Å²) in [6, 6.07) is 7.14. The average molecular weight is 283 g/mol. The van der Waals surface area contributed by atoms with E-state index in [1.165, 1.54) is 0 Å². The first-order valence-electron chi connectivity index (χ1n) is 6.54. The molecule has 0 aromatic heterocycles. The van der Waals surface area contributed by atoms with E-state index in [0.29, 0.717) is 31.1 Å². The Kier molecular flexibility index (Phi) is 4.80. The Hall–Kier alpha value is -1.10. The normalized spacial score (nSPS) is 21.2. The molecule has 1 aromatic carbocycles. The number of rotatable bonds is 3. The number of halogens is 1. The van der Waals surface area contributed by atoms with Gasteiger partial charge < -0.3 is 15.4 Å². The van der Waals surface area contributed by atoms with Crippen LogP contribution >= 0.6 is 11.6 Å². The molecule has 1 fully saturated rings. The molecule has 1 amide bonds. The maximum atomic E-state index is 12.1. The fourth-order valence-electron chi connectivity index (χ4n) is 2.18. The minimum Gasteiger partial charge on any atom is -0.370 e. The van der Waals surface area contributed by atoms with Crippen molar-refractivity contribution in [2.75, 3.05) is 19.7 Å². The van der Waals surface area contributed by atoms with Gasteiger partial charge >= 0.3 is 0 Å². The van der Waals surface area contributed by atoms with E-state index in [0.717, 1.165) is 5.56 Å². The summed E-state index contributed by atoms with van der Waals surface area (Å²) in [6.45, 7) is 3.52. The lowest BCUT2D eigenvalue weighted by molar-refractivity contribution is -0.140. The largest absolute Gasteiger partial charge is 0.370 e. The van der Waals surface area contributed by atoms with Crippen LogP contribution in [0.15, 0.2) is 24.3 Å². The number of nitrogens with two attached hydrogens (primary N) is 1. The summed E-state index contributed by atoms with van der Waals surface area (Å²) in [5, 5.41) is 0.668. The Morgan fingerprint density at radius 1 is 1.58 bits per heavy atom. The fraction of sp³-hybridized carbons (Fsp3) is 0.500. The highest BCUT2D eigenvalue weighted by molar-refractivity contribution is 6.31. The summed E-state index contributed by atoms with van der Waals surface area (Å²) in [5.74, 6) is -0.0112. The predicted octanol–water partition coefficient (Wildman–Crippen LogP) is 1.98. The minimum atomic E-state index is -0.426. The van der Waals surface area contributed by atoms with Gasteiger partial charge in [-0.15, -0.1) is 0 Å². The molecule has 0 unspecified atom stereocenters. The van der Waals surface area contributed by atoms with Crippen molar-refractivity contribution < 1.29 is 9.53 Å². The molecule has 0 aliphatic carbocycles. The predicted molar refractivity (Wildman–Crippen MR) is 75.0 cm³/mol. The minimum absolute atomic E-state index is 0.0112. The molecule has 1 heterocycles. The van der Waals surface area contributed by atoms with E-state index in [9.17, 15) is 4.79 Å². The molecule has 1 aliphatic heterocycles. The molecule has 0 spiro atoms. The summed E-state index contributed by atoms with van der Waals surface area (Å²) in [6.07, 6.45) is 0.475. The van der Waals surface area contributed by atoms with E-state index < -0.39 is 6.04 Å². The Bertz CT molecular complexity index is 453. The van der Waals surface area contributed by atoms with E-state index in [1.807, 2.05) is 31.2 Å². The highest BCUT2D eigenvalue weighted by Gasteiger charge is 2.28. The maximum Gasteiger partial charge on any atom is 0.239 e. The molecule has 4 nitrogen and oxygen atoms in total. The molecule has 1 saturated heterocycles. The van der Waals surface area contributed by atoms with Crippen molar-refractivity contribution in [2.45, 2.75) is 25.5 Å². The molecular weight excluding hydrogens is 264 g/mol. The average Bonchev–Trinajstić information content (AvgIpc) is 2.46. The van der Waals surface area contributed by atoms with Gasteiger partial charge in [-0.3, -0.25) is 4.79 Å². The molecular formula is C14H19ClN2O2. The van der Waals surface area contributed by atoms with Crippen molar-refractivity contribution in [3.05, 3.63) is 34.9 Å². The van der Waals surface area contributed by atoms with Gasteiger partial charge in [0.2, 0.25) is 5.91 Å².